The maximum absolute atomic E-state index is 14.3. The molecule has 1 aliphatic rings. The summed E-state index contributed by atoms with van der Waals surface area (Å²) < 4.78 is 15.3. The smallest absolute Gasteiger partial charge is 0.350 e. The summed E-state index contributed by atoms with van der Waals surface area (Å²) in [5.74, 6) is -1.11. The third-order valence-electron chi connectivity index (χ3n) is 8.23. The fourth-order valence-corrected chi connectivity index (χ4v) is 6.30. The van der Waals surface area contributed by atoms with Crippen LogP contribution in [0.5, 0.6) is 0 Å². The fraction of sp³-hybridized carbons (Fsp3) is 0.314. The first-order valence-electron chi connectivity index (χ1n) is 14.8. The van der Waals surface area contributed by atoms with Crippen LogP contribution in [-0.2, 0) is 4.79 Å². The van der Waals surface area contributed by atoms with Crippen molar-refractivity contribution in [2.45, 2.75) is 52.5 Å². The standard InChI is InChI=1S/C35H37ClFN5O2/c1-8-24-11-9-10-12-26(24)27-18-30-28(17-29(27)36)33(41-16-15-40(19-22(41)6)34(43)23(7)37)39-35(44)42(30)32-25(20(2)3)13-14-38-31(32)21(4)5/h8-14,17-18,20-22H,1,7,15-16,19H2,2-6H3/t22-/m0/s1. The van der Waals surface area contributed by atoms with Gasteiger partial charge in [-0.3, -0.25) is 14.3 Å². The number of aromatic nitrogens is 3. The Morgan fingerprint density at radius 3 is 2.45 bits per heavy atom. The number of pyridine rings is 1. The monoisotopic (exact) mass is 613 g/mol. The highest BCUT2D eigenvalue weighted by molar-refractivity contribution is 6.34. The molecule has 9 heteroatoms. The van der Waals surface area contributed by atoms with Crippen LogP contribution in [0.25, 0.3) is 33.8 Å². The summed E-state index contributed by atoms with van der Waals surface area (Å²) in [6.45, 7) is 18.2. The van der Waals surface area contributed by atoms with E-state index >= 15 is 0 Å². The summed E-state index contributed by atoms with van der Waals surface area (Å²) in [6.07, 6.45) is 3.57. The predicted octanol–water partition coefficient (Wildman–Crippen LogP) is 7.51. The van der Waals surface area contributed by atoms with E-state index in [1.807, 2.05) is 54.3 Å². The third-order valence-corrected chi connectivity index (χ3v) is 8.54. The van der Waals surface area contributed by atoms with E-state index in [9.17, 15) is 14.0 Å². The van der Waals surface area contributed by atoms with E-state index in [1.54, 1.807) is 16.8 Å². The Labute approximate surface area is 262 Å². The number of rotatable bonds is 7. The highest BCUT2D eigenvalue weighted by Gasteiger charge is 2.31. The Morgan fingerprint density at radius 2 is 1.82 bits per heavy atom. The molecule has 1 amide bonds. The molecule has 2 aromatic heterocycles. The number of amides is 1. The van der Waals surface area contributed by atoms with Crippen LogP contribution in [0.15, 0.2) is 72.4 Å². The van der Waals surface area contributed by atoms with E-state index in [4.69, 9.17) is 16.6 Å². The molecular weight excluding hydrogens is 577 g/mol. The van der Waals surface area contributed by atoms with Gasteiger partial charge in [-0.2, -0.15) is 4.98 Å². The predicted molar refractivity (Wildman–Crippen MR) is 177 cm³/mol. The minimum atomic E-state index is -0.991. The number of carbonyl (C=O) groups excluding carboxylic acids is 1. The van der Waals surface area contributed by atoms with Gasteiger partial charge in [0.15, 0.2) is 5.83 Å². The van der Waals surface area contributed by atoms with Crippen molar-refractivity contribution in [1.82, 2.24) is 19.4 Å². The van der Waals surface area contributed by atoms with Crippen LogP contribution in [0.3, 0.4) is 0 Å². The number of piperazine rings is 1. The third kappa shape index (κ3) is 5.54. The molecule has 0 spiro atoms. The molecule has 0 N–H and O–H groups in total. The minimum absolute atomic E-state index is 0.0366. The van der Waals surface area contributed by atoms with Crippen LogP contribution in [0.2, 0.25) is 5.02 Å². The topological polar surface area (TPSA) is 71.3 Å². The number of nitrogens with zero attached hydrogens (tertiary/aromatic N) is 5. The van der Waals surface area contributed by atoms with Gasteiger partial charge in [-0.15, -0.1) is 0 Å². The second-order valence-electron chi connectivity index (χ2n) is 11.8. The summed E-state index contributed by atoms with van der Waals surface area (Å²) in [7, 11) is 0. The molecular formula is C35H37ClFN5O2. The minimum Gasteiger partial charge on any atom is -0.350 e. The number of fused-ring (bicyclic) bond motifs is 1. The molecule has 0 aliphatic carbocycles. The molecule has 1 fully saturated rings. The van der Waals surface area contributed by atoms with Gasteiger partial charge in [0, 0.05) is 47.8 Å². The number of halogens is 2. The molecule has 1 aliphatic heterocycles. The van der Waals surface area contributed by atoms with Crippen molar-refractivity contribution in [3.05, 3.63) is 100.0 Å². The van der Waals surface area contributed by atoms with Crippen LogP contribution in [0.1, 0.15) is 63.3 Å². The van der Waals surface area contributed by atoms with Gasteiger partial charge in [-0.05, 0) is 53.6 Å². The number of carbonyl (C=O) groups is 1. The lowest BCUT2D eigenvalue weighted by Crippen LogP contribution is -2.54. The first-order chi connectivity index (χ1) is 20.9. The van der Waals surface area contributed by atoms with Gasteiger partial charge < -0.3 is 9.80 Å². The summed E-state index contributed by atoms with van der Waals surface area (Å²) in [5, 5.41) is 1.18. The maximum atomic E-state index is 14.3. The van der Waals surface area contributed by atoms with E-state index in [-0.39, 0.29) is 31.0 Å². The Morgan fingerprint density at radius 1 is 1.09 bits per heavy atom. The van der Waals surface area contributed by atoms with Gasteiger partial charge >= 0.3 is 5.69 Å². The second-order valence-corrected chi connectivity index (χ2v) is 12.2. The SMILES string of the molecule is C=Cc1ccccc1-c1cc2c(cc1Cl)c(N1CCN(C(=O)C(=C)F)C[C@@H]1C)nc(=O)n2-c1c(C(C)C)ccnc1C(C)C. The zero-order chi connectivity index (χ0) is 31.9. The van der Waals surface area contributed by atoms with Crippen molar-refractivity contribution in [1.29, 1.82) is 0 Å². The van der Waals surface area contributed by atoms with Crippen LogP contribution in [0, 0.1) is 0 Å². The lowest BCUT2D eigenvalue weighted by Gasteiger charge is -2.40. The van der Waals surface area contributed by atoms with Crippen molar-refractivity contribution in [3.8, 4) is 16.8 Å². The summed E-state index contributed by atoms with van der Waals surface area (Å²) >= 11 is 7.03. The van der Waals surface area contributed by atoms with E-state index in [1.165, 1.54) is 4.90 Å². The van der Waals surface area contributed by atoms with Crippen molar-refractivity contribution in [2.75, 3.05) is 24.5 Å². The molecule has 3 heterocycles. The summed E-state index contributed by atoms with van der Waals surface area (Å²) in [6, 6.07) is 13.3. The van der Waals surface area contributed by atoms with E-state index < -0.39 is 17.4 Å². The lowest BCUT2D eigenvalue weighted by atomic mass is 9.95. The van der Waals surface area contributed by atoms with Crippen LogP contribution >= 0.6 is 11.6 Å². The molecule has 228 valence electrons. The molecule has 1 saturated heterocycles. The Kier molecular flexibility index (Phi) is 8.75. The summed E-state index contributed by atoms with van der Waals surface area (Å²) in [5.41, 5.74) is 5.25. The van der Waals surface area contributed by atoms with Crippen molar-refractivity contribution in [3.63, 3.8) is 0 Å². The largest absolute Gasteiger partial charge is 0.354 e. The molecule has 5 rings (SSSR count). The van der Waals surface area contributed by atoms with E-state index in [0.717, 1.165) is 33.6 Å². The molecule has 0 radical (unpaired) electrons. The fourth-order valence-electron chi connectivity index (χ4n) is 6.04. The molecule has 0 saturated carbocycles. The number of benzene rings is 2. The second kappa shape index (κ2) is 12.4. The number of hydrogen-bond acceptors (Lipinski definition) is 5. The summed E-state index contributed by atoms with van der Waals surface area (Å²) in [4.78, 5) is 39.4. The zero-order valence-electron chi connectivity index (χ0n) is 25.8. The van der Waals surface area contributed by atoms with E-state index in [2.05, 4.69) is 45.8 Å². The number of hydrogen-bond donors (Lipinski definition) is 0. The average molecular weight is 614 g/mol. The first kappa shape index (κ1) is 31.1. The first-order valence-corrected chi connectivity index (χ1v) is 15.2. The van der Waals surface area contributed by atoms with Gasteiger partial charge in [-0.25, -0.2) is 9.18 Å². The van der Waals surface area contributed by atoms with Gasteiger partial charge in [0.25, 0.3) is 5.91 Å². The normalized spacial score (nSPS) is 15.3. The molecule has 2 aromatic carbocycles. The Hall–Kier alpha value is -4.30. The molecule has 0 bridgehead atoms. The molecule has 0 unspecified atom stereocenters. The Bertz CT molecular complexity index is 1820. The quantitative estimate of drug-likeness (QED) is 0.202. The van der Waals surface area contributed by atoms with Crippen LogP contribution < -0.4 is 10.6 Å². The zero-order valence-corrected chi connectivity index (χ0v) is 26.5. The van der Waals surface area contributed by atoms with Crippen molar-refractivity contribution < 1.29 is 9.18 Å². The van der Waals surface area contributed by atoms with Crippen molar-refractivity contribution in [2.24, 2.45) is 0 Å². The van der Waals surface area contributed by atoms with Gasteiger partial charge in [0.2, 0.25) is 0 Å². The molecule has 7 nitrogen and oxygen atoms in total. The lowest BCUT2D eigenvalue weighted by molar-refractivity contribution is -0.129. The number of anilines is 1. The van der Waals surface area contributed by atoms with Gasteiger partial charge in [0.05, 0.1) is 16.9 Å². The van der Waals surface area contributed by atoms with Gasteiger partial charge in [0.1, 0.15) is 5.82 Å². The maximum Gasteiger partial charge on any atom is 0.354 e. The molecule has 4 aromatic rings. The van der Waals surface area contributed by atoms with Crippen LogP contribution in [-0.4, -0.2) is 51.0 Å². The van der Waals surface area contributed by atoms with Crippen molar-refractivity contribution >= 4 is 40.3 Å². The Balaban J connectivity index is 1.83. The van der Waals surface area contributed by atoms with E-state index in [0.29, 0.717) is 28.3 Å². The van der Waals surface area contributed by atoms with Crippen LogP contribution in [0.4, 0.5) is 10.2 Å². The molecule has 1 atom stereocenters. The average Bonchev–Trinajstić information content (AvgIpc) is 2.99. The molecule has 44 heavy (non-hydrogen) atoms. The van der Waals surface area contributed by atoms with Gasteiger partial charge in [-0.1, -0.05) is 82.8 Å². The highest BCUT2D eigenvalue weighted by Crippen LogP contribution is 2.39. The highest BCUT2D eigenvalue weighted by atomic mass is 35.5.